The van der Waals surface area contributed by atoms with Gasteiger partial charge in [-0.15, -0.1) is 0 Å². The maximum absolute atomic E-state index is 12.9. The second-order valence-corrected chi connectivity index (χ2v) is 7.59. The van der Waals surface area contributed by atoms with Gasteiger partial charge in [-0.25, -0.2) is 0 Å². The van der Waals surface area contributed by atoms with Crippen molar-refractivity contribution in [2.75, 3.05) is 39.3 Å². The van der Waals surface area contributed by atoms with Gasteiger partial charge in [0.05, 0.1) is 5.92 Å². The topological polar surface area (TPSA) is 52.7 Å². The Kier molecular flexibility index (Phi) is 7.01. The summed E-state index contributed by atoms with van der Waals surface area (Å²) < 4.78 is 0. The predicted octanol–water partition coefficient (Wildman–Crippen LogP) is 2.82. The molecule has 1 aromatic heterocycles. The molecular formula is C21H27N3O2S. The van der Waals surface area contributed by atoms with Crippen LogP contribution in [0.3, 0.4) is 0 Å². The second-order valence-electron chi connectivity index (χ2n) is 6.81. The minimum atomic E-state index is -0.0531. The van der Waals surface area contributed by atoms with E-state index in [1.807, 2.05) is 52.1 Å². The summed E-state index contributed by atoms with van der Waals surface area (Å²) >= 11 is 1.53. The Morgan fingerprint density at radius 3 is 2.48 bits per heavy atom. The number of hydrogen-bond acceptors (Lipinski definition) is 4. The zero-order valence-electron chi connectivity index (χ0n) is 15.8. The first kappa shape index (κ1) is 19.6. The lowest BCUT2D eigenvalue weighted by atomic mass is 9.95. The molecule has 144 valence electrons. The van der Waals surface area contributed by atoms with Crippen LogP contribution in [0.15, 0.2) is 47.2 Å². The van der Waals surface area contributed by atoms with E-state index in [0.29, 0.717) is 6.54 Å². The van der Waals surface area contributed by atoms with Crippen LogP contribution >= 0.6 is 11.3 Å². The number of hydrogen-bond donors (Lipinski definition) is 1. The summed E-state index contributed by atoms with van der Waals surface area (Å²) in [6.07, 6.45) is 0.817. The molecule has 0 radical (unpaired) electrons. The van der Waals surface area contributed by atoms with Gasteiger partial charge in [-0.1, -0.05) is 37.3 Å². The fourth-order valence-corrected chi connectivity index (χ4v) is 4.11. The highest BCUT2D eigenvalue weighted by atomic mass is 32.1. The monoisotopic (exact) mass is 385 g/mol. The Labute approximate surface area is 165 Å². The first-order chi connectivity index (χ1) is 13.2. The third kappa shape index (κ3) is 5.17. The van der Waals surface area contributed by atoms with Crippen molar-refractivity contribution in [2.24, 2.45) is 0 Å². The quantitative estimate of drug-likeness (QED) is 0.797. The molecule has 0 bridgehead atoms. The van der Waals surface area contributed by atoms with Crippen LogP contribution in [0.25, 0.3) is 0 Å². The number of rotatable bonds is 7. The second kappa shape index (κ2) is 9.67. The van der Waals surface area contributed by atoms with Gasteiger partial charge in [-0.2, -0.15) is 11.3 Å². The van der Waals surface area contributed by atoms with Crippen molar-refractivity contribution in [3.63, 3.8) is 0 Å². The summed E-state index contributed by atoms with van der Waals surface area (Å²) in [5.74, 6) is 0.162. The summed E-state index contributed by atoms with van der Waals surface area (Å²) in [6.45, 7) is 6.72. The Morgan fingerprint density at radius 2 is 1.85 bits per heavy atom. The highest BCUT2D eigenvalue weighted by Gasteiger charge is 2.27. The molecule has 2 heterocycles. The predicted molar refractivity (Wildman–Crippen MR) is 109 cm³/mol. The molecule has 0 spiro atoms. The Morgan fingerprint density at radius 1 is 1.11 bits per heavy atom. The van der Waals surface area contributed by atoms with Gasteiger partial charge in [0, 0.05) is 50.2 Å². The number of nitrogens with one attached hydrogen (secondary N) is 1. The van der Waals surface area contributed by atoms with Crippen molar-refractivity contribution >= 4 is 23.2 Å². The average molecular weight is 386 g/mol. The van der Waals surface area contributed by atoms with Crippen LogP contribution in [0.2, 0.25) is 0 Å². The summed E-state index contributed by atoms with van der Waals surface area (Å²) in [7, 11) is 0. The van der Waals surface area contributed by atoms with Crippen LogP contribution in [0, 0.1) is 0 Å². The lowest BCUT2D eigenvalue weighted by Gasteiger charge is -2.36. The molecule has 1 aromatic carbocycles. The van der Waals surface area contributed by atoms with E-state index in [0.717, 1.165) is 50.3 Å². The number of piperazine rings is 1. The van der Waals surface area contributed by atoms with Gasteiger partial charge in [0.1, 0.15) is 0 Å². The van der Waals surface area contributed by atoms with Crippen LogP contribution < -0.4 is 5.32 Å². The van der Waals surface area contributed by atoms with Crippen molar-refractivity contribution < 1.29 is 9.59 Å². The number of carbonyl (C=O) groups is 2. The van der Waals surface area contributed by atoms with E-state index in [1.54, 1.807) is 0 Å². The van der Waals surface area contributed by atoms with Gasteiger partial charge in [-0.05, 0) is 23.4 Å². The van der Waals surface area contributed by atoms with Crippen LogP contribution in [0.4, 0.5) is 0 Å². The molecule has 1 aliphatic heterocycles. The van der Waals surface area contributed by atoms with Gasteiger partial charge >= 0.3 is 0 Å². The van der Waals surface area contributed by atoms with Gasteiger partial charge in [0.25, 0.3) is 5.91 Å². The molecule has 1 saturated heterocycles. The SMILES string of the molecule is CC[C@H](C(=O)N1CCN(CCNC(=O)c2ccsc2)CC1)c1ccccc1. The zero-order valence-corrected chi connectivity index (χ0v) is 16.6. The molecule has 1 N–H and O–H groups in total. The minimum absolute atomic E-state index is 0.0151. The molecule has 1 fully saturated rings. The van der Waals surface area contributed by atoms with Crippen LogP contribution in [-0.2, 0) is 4.79 Å². The molecule has 27 heavy (non-hydrogen) atoms. The molecule has 5 nitrogen and oxygen atoms in total. The smallest absolute Gasteiger partial charge is 0.252 e. The molecular weight excluding hydrogens is 358 g/mol. The maximum Gasteiger partial charge on any atom is 0.252 e. The lowest BCUT2D eigenvalue weighted by molar-refractivity contribution is -0.134. The minimum Gasteiger partial charge on any atom is -0.351 e. The fourth-order valence-electron chi connectivity index (χ4n) is 3.47. The molecule has 6 heteroatoms. The molecule has 0 aliphatic carbocycles. The van der Waals surface area contributed by atoms with E-state index in [2.05, 4.69) is 17.1 Å². The Balaban J connectivity index is 1.43. The van der Waals surface area contributed by atoms with Crippen molar-refractivity contribution in [1.82, 2.24) is 15.1 Å². The van der Waals surface area contributed by atoms with Crippen molar-refractivity contribution in [3.8, 4) is 0 Å². The van der Waals surface area contributed by atoms with Crippen LogP contribution in [-0.4, -0.2) is 60.9 Å². The number of carbonyl (C=O) groups excluding carboxylic acids is 2. The van der Waals surface area contributed by atoms with Crippen LogP contribution in [0.5, 0.6) is 0 Å². The normalized spacial score (nSPS) is 16.1. The molecule has 2 amide bonds. The molecule has 3 rings (SSSR count). The molecule has 0 unspecified atom stereocenters. The summed E-state index contributed by atoms with van der Waals surface area (Å²) in [5.41, 5.74) is 1.82. The molecule has 1 atom stereocenters. The first-order valence-electron chi connectivity index (χ1n) is 9.55. The van der Waals surface area contributed by atoms with Crippen molar-refractivity contribution in [3.05, 3.63) is 58.3 Å². The number of nitrogens with zero attached hydrogens (tertiary/aromatic N) is 2. The maximum atomic E-state index is 12.9. The number of benzene rings is 1. The standard InChI is InChI=1S/C21H27N3O2S/c1-2-19(17-6-4-3-5-7-17)21(26)24-13-11-23(12-14-24)10-9-22-20(25)18-8-15-27-16-18/h3-8,15-16,19H,2,9-14H2,1H3,(H,22,25)/t19-/m0/s1. The highest BCUT2D eigenvalue weighted by molar-refractivity contribution is 7.08. The van der Waals surface area contributed by atoms with E-state index in [1.165, 1.54) is 11.3 Å². The lowest BCUT2D eigenvalue weighted by Crippen LogP contribution is -2.51. The number of thiophene rings is 1. The van der Waals surface area contributed by atoms with E-state index < -0.39 is 0 Å². The highest BCUT2D eigenvalue weighted by Crippen LogP contribution is 2.22. The zero-order chi connectivity index (χ0) is 19.1. The molecule has 2 aromatic rings. The first-order valence-corrected chi connectivity index (χ1v) is 10.5. The summed E-state index contributed by atoms with van der Waals surface area (Å²) in [6, 6.07) is 11.9. The van der Waals surface area contributed by atoms with E-state index in [-0.39, 0.29) is 17.7 Å². The fraction of sp³-hybridized carbons (Fsp3) is 0.429. The van der Waals surface area contributed by atoms with E-state index in [9.17, 15) is 9.59 Å². The van der Waals surface area contributed by atoms with E-state index in [4.69, 9.17) is 0 Å². The van der Waals surface area contributed by atoms with Gasteiger partial charge < -0.3 is 10.2 Å². The molecule has 1 aliphatic rings. The summed E-state index contributed by atoms with van der Waals surface area (Å²) in [4.78, 5) is 29.2. The number of amides is 2. The van der Waals surface area contributed by atoms with Crippen LogP contribution in [0.1, 0.15) is 35.2 Å². The van der Waals surface area contributed by atoms with Crippen molar-refractivity contribution in [1.29, 1.82) is 0 Å². The third-order valence-corrected chi connectivity index (χ3v) is 5.77. The Bertz CT molecular complexity index is 725. The van der Waals surface area contributed by atoms with Gasteiger partial charge in [-0.3, -0.25) is 14.5 Å². The van der Waals surface area contributed by atoms with Gasteiger partial charge in [0.15, 0.2) is 0 Å². The third-order valence-electron chi connectivity index (χ3n) is 5.09. The largest absolute Gasteiger partial charge is 0.351 e. The van der Waals surface area contributed by atoms with Gasteiger partial charge in [0.2, 0.25) is 5.91 Å². The Hall–Kier alpha value is -2.18. The molecule has 0 saturated carbocycles. The van der Waals surface area contributed by atoms with E-state index >= 15 is 0 Å². The summed E-state index contributed by atoms with van der Waals surface area (Å²) in [5, 5.41) is 6.73. The average Bonchev–Trinajstić information content (AvgIpc) is 3.25. The van der Waals surface area contributed by atoms with Crippen molar-refractivity contribution in [2.45, 2.75) is 19.3 Å².